The molecule has 1 aromatic heterocycles. The van der Waals surface area contributed by atoms with Crippen LogP contribution < -0.4 is 4.90 Å². The molecule has 0 saturated carbocycles. The van der Waals surface area contributed by atoms with Gasteiger partial charge in [0.05, 0.1) is 7.11 Å². The first-order valence-electron chi connectivity index (χ1n) is 7.91. The third-order valence-corrected chi connectivity index (χ3v) is 4.37. The van der Waals surface area contributed by atoms with Crippen molar-refractivity contribution in [3.05, 3.63) is 51.7 Å². The summed E-state index contributed by atoms with van der Waals surface area (Å²) in [5.41, 5.74) is 2.30. The average Bonchev–Trinajstić information content (AvgIpc) is 3.00. The van der Waals surface area contributed by atoms with E-state index in [0.29, 0.717) is 11.3 Å². The van der Waals surface area contributed by atoms with Gasteiger partial charge in [0.15, 0.2) is 0 Å². The van der Waals surface area contributed by atoms with Crippen molar-refractivity contribution in [3.8, 4) is 0 Å². The van der Waals surface area contributed by atoms with E-state index >= 15 is 0 Å². The van der Waals surface area contributed by atoms with Gasteiger partial charge in [-0.1, -0.05) is 12.1 Å². The number of carbonyl (C=O) groups is 2. The molecule has 0 bridgehead atoms. The van der Waals surface area contributed by atoms with Crippen molar-refractivity contribution in [2.24, 2.45) is 0 Å². The minimum atomic E-state index is -0.538. The van der Waals surface area contributed by atoms with E-state index in [4.69, 9.17) is 9.47 Å². The number of hydrogen-bond acceptors (Lipinski definition) is 5. The van der Waals surface area contributed by atoms with Crippen LogP contribution in [0, 0.1) is 0 Å². The summed E-state index contributed by atoms with van der Waals surface area (Å²) < 4.78 is 10.1. The van der Waals surface area contributed by atoms with E-state index in [-0.39, 0.29) is 5.97 Å². The van der Waals surface area contributed by atoms with Crippen LogP contribution in [0.5, 0.6) is 0 Å². The second-order valence-electron chi connectivity index (χ2n) is 6.70. The smallest absolute Gasteiger partial charge is 0.414 e. The van der Waals surface area contributed by atoms with Crippen LogP contribution in [-0.4, -0.2) is 31.8 Å². The fraction of sp³-hybridized carbons (Fsp3) is 0.368. The molecule has 2 aromatic rings. The number of carbonyl (C=O) groups excluding carboxylic acids is 2. The second-order valence-corrected chi connectivity index (χ2v) is 7.61. The van der Waals surface area contributed by atoms with E-state index in [0.717, 1.165) is 16.8 Å². The third-order valence-electron chi connectivity index (χ3n) is 3.41. The number of thiophene rings is 1. The Balaban J connectivity index is 2.12. The number of nitrogens with zero attached hydrogens (tertiary/aromatic N) is 1. The lowest BCUT2D eigenvalue weighted by Crippen LogP contribution is -2.34. The number of benzene rings is 1. The summed E-state index contributed by atoms with van der Waals surface area (Å²) in [6.45, 7) is 5.51. The monoisotopic (exact) mass is 361 g/mol. The third kappa shape index (κ3) is 5.32. The van der Waals surface area contributed by atoms with E-state index in [1.807, 2.05) is 56.5 Å². The molecule has 0 aliphatic carbocycles. The maximum absolute atomic E-state index is 12.2. The predicted molar refractivity (Wildman–Crippen MR) is 99.5 cm³/mol. The molecule has 0 saturated heterocycles. The Bertz CT molecular complexity index is 761. The molecule has 0 unspecified atom stereocenters. The van der Waals surface area contributed by atoms with Crippen LogP contribution in [-0.2, 0) is 15.9 Å². The molecule has 1 amide bonds. The van der Waals surface area contributed by atoms with Gasteiger partial charge in [-0.3, -0.25) is 4.90 Å². The Morgan fingerprint density at radius 1 is 1.16 bits per heavy atom. The summed E-state index contributed by atoms with van der Waals surface area (Å²) in [4.78, 5) is 25.8. The van der Waals surface area contributed by atoms with Crippen LogP contribution in [0.15, 0.2) is 35.7 Å². The average molecular weight is 361 g/mol. The van der Waals surface area contributed by atoms with Crippen LogP contribution in [0.25, 0.3) is 0 Å². The molecule has 25 heavy (non-hydrogen) atoms. The Morgan fingerprint density at radius 3 is 2.52 bits per heavy atom. The number of anilines is 1. The van der Waals surface area contributed by atoms with Crippen molar-refractivity contribution < 1.29 is 19.1 Å². The van der Waals surface area contributed by atoms with Crippen molar-refractivity contribution in [1.82, 2.24) is 0 Å². The highest BCUT2D eigenvalue weighted by atomic mass is 32.1. The molecule has 0 aliphatic rings. The molecule has 5 nitrogen and oxygen atoms in total. The van der Waals surface area contributed by atoms with Crippen LogP contribution >= 0.6 is 11.3 Å². The summed E-state index contributed by atoms with van der Waals surface area (Å²) >= 11 is 1.36. The molecule has 0 aliphatic heterocycles. The van der Waals surface area contributed by atoms with Gasteiger partial charge < -0.3 is 9.47 Å². The SMILES string of the molecule is COC(=O)c1cc(Cc2cccc(N(C)C(=O)OC(C)(C)C)c2)cs1. The second kappa shape index (κ2) is 7.70. The Hall–Kier alpha value is -2.34. The van der Waals surface area contributed by atoms with Gasteiger partial charge in [-0.15, -0.1) is 11.3 Å². The normalized spacial score (nSPS) is 11.1. The van der Waals surface area contributed by atoms with Crippen molar-refractivity contribution in [2.45, 2.75) is 32.8 Å². The molecule has 6 heteroatoms. The summed E-state index contributed by atoms with van der Waals surface area (Å²) in [6, 6.07) is 9.53. The van der Waals surface area contributed by atoms with Crippen LogP contribution in [0.1, 0.15) is 41.6 Å². The van der Waals surface area contributed by atoms with Crippen molar-refractivity contribution in [2.75, 3.05) is 19.1 Å². The first-order chi connectivity index (χ1) is 11.7. The number of amides is 1. The number of esters is 1. The van der Waals surface area contributed by atoms with Crippen molar-refractivity contribution >= 4 is 29.1 Å². The van der Waals surface area contributed by atoms with Gasteiger partial charge >= 0.3 is 12.1 Å². The molecule has 134 valence electrons. The van der Waals surface area contributed by atoms with Crippen molar-refractivity contribution in [1.29, 1.82) is 0 Å². The van der Waals surface area contributed by atoms with Gasteiger partial charge in [-0.25, -0.2) is 9.59 Å². The lowest BCUT2D eigenvalue weighted by atomic mass is 10.1. The Kier molecular flexibility index (Phi) is 5.85. The standard InChI is InChI=1S/C19H23NO4S/c1-19(2,3)24-18(22)20(4)15-8-6-7-13(10-15)9-14-11-16(25-12-14)17(21)23-5/h6-8,10-12H,9H2,1-5H3. The maximum Gasteiger partial charge on any atom is 0.414 e. The van der Waals surface area contributed by atoms with E-state index in [1.165, 1.54) is 23.3 Å². The van der Waals surface area contributed by atoms with E-state index in [1.54, 1.807) is 7.05 Å². The molecule has 0 radical (unpaired) electrons. The molecule has 0 fully saturated rings. The van der Waals surface area contributed by atoms with E-state index < -0.39 is 11.7 Å². The summed E-state index contributed by atoms with van der Waals surface area (Å²) in [7, 11) is 3.06. The van der Waals surface area contributed by atoms with E-state index in [9.17, 15) is 9.59 Å². The van der Waals surface area contributed by atoms with Crippen molar-refractivity contribution in [3.63, 3.8) is 0 Å². The van der Waals surface area contributed by atoms with Crippen LogP contribution in [0.4, 0.5) is 10.5 Å². The largest absolute Gasteiger partial charge is 0.465 e. The minimum Gasteiger partial charge on any atom is -0.465 e. The molecular formula is C19H23NO4S. The molecule has 0 atom stereocenters. The highest BCUT2D eigenvalue weighted by Crippen LogP contribution is 2.22. The van der Waals surface area contributed by atoms with Gasteiger partial charge in [-0.05, 0) is 61.9 Å². The summed E-state index contributed by atoms with van der Waals surface area (Å²) in [5, 5.41) is 1.94. The fourth-order valence-corrected chi connectivity index (χ4v) is 3.05. The molecule has 2 rings (SSSR count). The zero-order valence-corrected chi connectivity index (χ0v) is 16.0. The van der Waals surface area contributed by atoms with E-state index in [2.05, 4.69) is 0 Å². The van der Waals surface area contributed by atoms with Gasteiger partial charge in [0.2, 0.25) is 0 Å². The van der Waals surface area contributed by atoms with Gasteiger partial charge in [0.1, 0.15) is 10.5 Å². The predicted octanol–water partition coefficient (Wildman–Crippen LogP) is 4.50. The first kappa shape index (κ1) is 19.0. The number of ether oxygens (including phenoxy) is 2. The summed E-state index contributed by atoms with van der Waals surface area (Å²) in [6.07, 6.45) is 0.275. The zero-order valence-electron chi connectivity index (χ0n) is 15.2. The molecule has 0 N–H and O–H groups in total. The van der Waals surface area contributed by atoms with Gasteiger partial charge in [0.25, 0.3) is 0 Å². The highest BCUT2D eigenvalue weighted by molar-refractivity contribution is 7.12. The van der Waals surface area contributed by atoms with Crippen LogP contribution in [0.2, 0.25) is 0 Å². The van der Waals surface area contributed by atoms with Gasteiger partial charge in [0, 0.05) is 12.7 Å². The molecule has 1 heterocycles. The highest BCUT2D eigenvalue weighted by Gasteiger charge is 2.20. The van der Waals surface area contributed by atoms with Gasteiger partial charge in [-0.2, -0.15) is 0 Å². The zero-order chi connectivity index (χ0) is 18.6. The lowest BCUT2D eigenvalue weighted by molar-refractivity contribution is 0.0585. The lowest BCUT2D eigenvalue weighted by Gasteiger charge is -2.25. The fourth-order valence-electron chi connectivity index (χ4n) is 2.22. The molecular weight excluding hydrogens is 338 g/mol. The number of hydrogen-bond donors (Lipinski definition) is 0. The topological polar surface area (TPSA) is 55.8 Å². The minimum absolute atomic E-state index is 0.324. The maximum atomic E-state index is 12.2. The quantitative estimate of drug-likeness (QED) is 0.753. The number of rotatable bonds is 4. The number of methoxy groups -OCH3 is 1. The summed E-state index contributed by atoms with van der Waals surface area (Å²) in [5.74, 6) is -0.324. The van der Waals surface area contributed by atoms with Crippen LogP contribution in [0.3, 0.4) is 0 Å². The first-order valence-corrected chi connectivity index (χ1v) is 8.79. The molecule has 1 aromatic carbocycles. The Labute approximate surface area is 152 Å². The Morgan fingerprint density at radius 2 is 1.88 bits per heavy atom. The molecule has 0 spiro atoms.